The molecule has 1 aliphatic heterocycles. The number of nitrogens with zero attached hydrogens (tertiary/aromatic N) is 1. The maximum absolute atomic E-state index is 12.4. The van der Waals surface area contributed by atoms with Gasteiger partial charge in [0.25, 0.3) is 5.91 Å². The molecule has 0 aliphatic carbocycles. The molecule has 0 aromatic heterocycles. The zero-order chi connectivity index (χ0) is 13.1. The van der Waals surface area contributed by atoms with E-state index in [9.17, 15) is 4.79 Å². The summed E-state index contributed by atoms with van der Waals surface area (Å²) < 4.78 is 5.32. The van der Waals surface area contributed by atoms with Crippen LogP contribution < -0.4 is 5.73 Å². The van der Waals surface area contributed by atoms with Crippen molar-refractivity contribution in [1.29, 1.82) is 0 Å². The lowest BCUT2D eigenvalue weighted by atomic mass is 10.0. The average Bonchev–Trinajstić information content (AvgIpc) is 2.41. The van der Waals surface area contributed by atoms with Crippen molar-refractivity contribution in [2.45, 2.75) is 25.8 Å². The van der Waals surface area contributed by atoms with E-state index in [4.69, 9.17) is 10.5 Å². The van der Waals surface area contributed by atoms with Crippen molar-refractivity contribution >= 4 is 11.6 Å². The van der Waals surface area contributed by atoms with Crippen molar-refractivity contribution < 1.29 is 9.53 Å². The number of carbonyl (C=O) groups excluding carboxylic acids is 1. The predicted molar refractivity (Wildman–Crippen MR) is 71.5 cm³/mol. The molecular weight excluding hydrogens is 228 g/mol. The second kappa shape index (κ2) is 5.40. The van der Waals surface area contributed by atoms with E-state index in [2.05, 4.69) is 0 Å². The lowest BCUT2D eigenvalue weighted by molar-refractivity contribution is 0.0362. The van der Waals surface area contributed by atoms with Crippen LogP contribution in [0.3, 0.4) is 0 Å². The third-order valence-corrected chi connectivity index (χ3v) is 3.50. The molecular formula is C14H20N2O2. The Labute approximate surface area is 108 Å². The molecule has 0 saturated carbocycles. The first kappa shape index (κ1) is 12.9. The number of ether oxygens (including phenoxy) is 1. The molecule has 0 bridgehead atoms. The number of benzene rings is 1. The molecule has 0 radical (unpaired) electrons. The van der Waals surface area contributed by atoms with Gasteiger partial charge >= 0.3 is 0 Å². The smallest absolute Gasteiger partial charge is 0.255 e. The summed E-state index contributed by atoms with van der Waals surface area (Å²) in [4.78, 5) is 14.2. The van der Waals surface area contributed by atoms with Gasteiger partial charge in [-0.1, -0.05) is 11.6 Å². The van der Waals surface area contributed by atoms with E-state index in [0.29, 0.717) is 11.3 Å². The van der Waals surface area contributed by atoms with E-state index in [1.165, 1.54) is 0 Å². The number of aryl methyl sites for hydroxylation is 1. The Kier molecular flexibility index (Phi) is 3.87. The lowest BCUT2D eigenvalue weighted by Gasteiger charge is -2.31. The highest BCUT2D eigenvalue weighted by molar-refractivity contribution is 5.99. The van der Waals surface area contributed by atoms with E-state index in [1.807, 2.05) is 26.1 Å². The molecule has 1 heterocycles. The highest BCUT2D eigenvalue weighted by atomic mass is 16.5. The highest BCUT2D eigenvalue weighted by Crippen LogP contribution is 2.20. The Balaban J connectivity index is 2.16. The maximum Gasteiger partial charge on any atom is 0.255 e. The van der Waals surface area contributed by atoms with E-state index in [-0.39, 0.29) is 11.9 Å². The molecule has 0 unspecified atom stereocenters. The topological polar surface area (TPSA) is 55.6 Å². The number of nitrogen functional groups attached to an aromatic ring is 1. The summed E-state index contributed by atoms with van der Waals surface area (Å²) in [5, 5.41) is 0. The zero-order valence-electron chi connectivity index (χ0n) is 11.0. The quantitative estimate of drug-likeness (QED) is 0.812. The Bertz CT molecular complexity index is 439. The summed E-state index contributed by atoms with van der Waals surface area (Å²) in [6.45, 7) is 3.42. The number of nitrogens with two attached hydrogens (primary N) is 1. The summed E-state index contributed by atoms with van der Waals surface area (Å²) in [5.41, 5.74) is 8.08. The summed E-state index contributed by atoms with van der Waals surface area (Å²) >= 11 is 0. The number of hydrogen-bond acceptors (Lipinski definition) is 3. The first-order valence-corrected chi connectivity index (χ1v) is 6.30. The van der Waals surface area contributed by atoms with Gasteiger partial charge in [0.2, 0.25) is 0 Å². The number of rotatable bonds is 2. The van der Waals surface area contributed by atoms with Crippen molar-refractivity contribution in [3.8, 4) is 0 Å². The van der Waals surface area contributed by atoms with Crippen LogP contribution in [0.4, 0.5) is 5.69 Å². The predicted octanol–water partition coefficient (Wildman–Crippen LogP) is 1.83. The number of carbonyl (C=O) groups is 1. The molecule has 1 saturated heterocycles. The Hall–Kier alpha value is -1.55. The summed E-state index contributed by atoms with van der Waals surface area (Å²) in [6.07, 6.45) is 1.79. The van der Waals surface area contributed by atoms with Gasteiger partial charge in [0.15, 0.2) is 0 Å². The van der Waals surface area contributed by atoms with E-state index < -0.39 is 0 Å². The van der Waals surface area contributed by atoms with Gasteiger partial charge in [-0.15, -0.1) is 0 Å². The molecule has 2 N–H and O–H groups in total. The van der Waals surface area contributed by atoms with Crippen molar-refractivity contribution in [2.75, 3.05) is 26.0 Å². The first-order chi connectivity index (χ1) is 8.59. The van der Waals surface area contributed by atoms with Crippen LogP contribution in [-0.2, 0) is 4.74 Å². The largest absolute Gasteiger partial charge is 0.398 e. The molecule has 2 rings (SSSR count). The minimum absolute atomic E-state index is 0.00287. The molecule has 4 nitrogen and oxygen atoms in total. The van der Waals surface area contributed by atoms with E-state index in [0.717, 1.165) is 31.6 Å². The van der Waals surface area contributed by atoms with Gasteiger partial charge in [0.05, 0.1) is 5.56 Å². The number of hydrogen-bond donors (Lipinski definition) is 1. The minimum Gasteiger partial charge on any atom is -0.398 e. The molecule has 1 amide bonds. The van der Waals surface area contributed by atoms with Gasteiger partial charge in [0.1, 0.15) is 0 Å². The molecule has 1 aromatic rings. The summed E-state index contributed by atoms with van der Waals surface area (Å²) in [5.74, 6) is 0.00287. The number of anilines is 1. The van der Waals surface area contributed by atoms with Gasteiger partial charge in [-0.2, -0.15) is 0 Å². The van der Waals surface area contributed by atoms with Crippen LogP contribution in [0.25, 0.3) is 0 Å². The van der Waals surface area contributed by atoms with Crippen molar-refractivity contribution in [3.05, 3.63) is 29.3 Å². The van der Waals surface area contributed by atoms with Crippen LogP contribution in [0.5, 0.6) is 0 Å². The highest BCUT2D eigenvalue weighted by Gasteiger charge is 2.24. The van der Waals surface area contributed by atoms with Crippen molar-refractivity contribution in [2.24, 2.45) is 0 Å². The second-order valence-electron chi connectivity index (χ2n) is 4.85. The fourth-order valence-electron chi connectivity index (χ4n) is 2.28. The summed E-state index contributed by atoms with van der Waals surface area (Å²) in [7, 11) is 1.85. The van der Waals surface area contributed by atoms with Crippen LogP contribution in [0.1, 0.15) is 28.8 Å². The molecule has 1 aromatic carbocycles. The molecule has 4 heteroatoms. The van der Waals surface area contributed by atoms with Gasteiger partial charge < -0.3 is 15.4 Å². The average molecular weight is 248 g/mol. The van der Waals surface area contributed by atoms with E-state index >= 15 is 0 Å². The molecule has 0 atom stereocenters. The van der Waals surface area contributed by atoms with Gasteiger partial charge in [0, 0.05) is 32.0 Å². The molecule has 0 spiro atoms. The third kappa shape index (κ3) is 2.64. The molecule has 18 heavy (non-hydrogen) atoms. The fourth-order valence-corrected chi connectivity index (χ4v) is 2.28. The van der Waals surface area contributed by atoms with Gasteiger partial charge in [-0.05, 0) is 31.9 Å². The van der Waals surface area contributed by atoms with E-state index in [1.54, 1.807) is 11.0 Å². The molecule has 1 fully saturated rings. The first-order valence-electron chi connectivity index (χ1n) is 6.30. The normalized spacial score (nSPS) is 16.6. The van der Waals surface area contributed by atoms with Gasteiger partial charge in [-0.3, -0.25) is 4.79 Å². The van der Waals surface area contributed by atoms with Crippen LogP contribution in [0.2, 0.25) is 0 Å². The fraction of sp³-hybridized carbons (Fsp3) is 0.500. The zero-order valence-corrected chi connectivity index (χ0v) is 11.0. The standard InChI is InChI=1S/C14H20N2O2/c1-10-3-4-13(15)12(9-10)14(17)16(2)11-5-7-18-8-6-11/h3-4,9,11H,5-8,15H2,1-2H3. The van der Waals surface area contributed by atoms with Crippen molar-refractivity contribution in [1.82, 2.24) is 4.90 Å². The van der Waals surface area contributed by atoms with Crippen LogP contribution in [0, 0.1) is 6.92 Å². The Morgan fingerprint density at radius 1 is 1.39 bits per heavy atom. The van der Waals surface area contributed by atoms with Crippen LogP contribution in [-0.4, -0.2) is 37.1 Å². The SMILES string of the molecule is Cc1ccc(N)c(C(=O)N(C)C2CCOCC2)c1. The molecule has 98 valence electrons. The van der Waals surface area contributed by atoms with Crippen molar-refractivity contribution in [3.63, 3.8) is 0 Å². The Morgan fingerprint density at radius 3 is 2.72 bits per heavy atom. The van der Waals surface area contributed by atoms with Gasteiger partial charge in [-0.25, -0.2) is 0 Å². The van der Waals surface area contributed by atoms with Crippen LogP contribution in [0.15, 0.2) is 18.2 Å². The minimum atomic E-state index is 0.00287. The Morgan fingerprint density at radius 2 is 2.06 bits per heavy atom. The van der Waals surface area contributed by atoms with Crippen LogP contribution >= 0.6 is 0 Å². The lowest BCUT2D eigenvalue weighted by Crippen LogP contribution is -2.40. The second-order valence-corrected chi connectivity index (χ2v) is 4.85. The molecule has 1 aliphatic rings. The summed E-state index contributed by atoms with van der Waals surface area (Å²) in [6, 6.07) is 5.82. The maximum atomic E-state index is 12.4. The number of amides is 1. The third-order valence-electron chi connectivity index (χ3n) is 3.50. The monoisotopic (exact) mass is 248 g/mol.